The van der Waals surface area contributed by atoms with E-state index in [9.17, 15) is 9.18 Å². The second-order valence-corrected chi connectivity index (χ2v) is 9.43. The molecular weight excluding hydrogens is 496 g/mol. The van der Waals surface area contributed by atoms with Crippen LogP contribution in [0.5, 0.6) is 0 Å². The Kier molecular flexibility index (Phi) is 8.22. The van der Waals surface area contributed by atoms with Crippen molar-refractivity contribution in [2.45, 2.75) is 18.8 Å². The lowest BCUT2D eigenvalue weighted by molar-refractivity contribution is 0.102. The summed E-state index contributed by atoms with van der Waals surface area (Å²) in [5.41, 5.74) is 2.80. The van der Waals surface area contributed by atoms with Crippen molar-refractivity contribution in [2.24, 2.45) is 0 Å². The maximum Gasteiger partial charge on any atom is 0.255 e. The molecule has 1 aliphatic rings. The molecule has 1 aliphatic heterocycles. The molecule has 0 unspecified atom stereocenters. The van der Waals surface area contributed by atoms with Crippen molar-refractivity contribution in [2.75, 3.05) is 25.0 Å². The molecule has 1 saturated heterocycles. The molecule has 0 atom stereocenters. The van der Waals surface area contributed by atoms with Crippen LogP contribution in [0.1, 0.15) is 40.2 Å². The number of hydrogen-bond donors (Lipinski definition) is 1. The number of nitrogens with zero attached hydrogens (tertiary/aromatic N) is 2. The van der Waals surface area contributed by atoms with Gasteiger partial charge in [-0.05, 0) is 85.4 Å². The molecule has 4 nitrogen and oxygen atoms in total. The van der Waals surface area contributed by atoms with Crippen molar-refractivity contribution in [3.8, 4) is 0 Å². The summed E-state index contributed by atoms with van der Waals surface area (Å²) in [7, 11) is 0. The highest BCUT2D eigenvalue weighted by molar-refractivity contribution is 6.33. The molecule has 1 fully saturated rings. The van der Waals surface area contributed by atoms with Crippen molar-refractivity contribution in [3.63, 3.8) is 0 Å². The molecule has 2 heterocycles. The number of anilines is 1. The van der Waals surface area contributed by atoms with Crippen LogP contribution < -0.4 is 5.32 Å². The number of rotatable bonds is 6. The molecule has 4 rings (SSSR count). The van der Waals surface area contributed by atoms with Gasteiger partial charge in [0.15, 0.2) is 0 Å². The Morgan fingerprint density at radius 2 is 1.71 bits per heavy atom. The summed E-state index contributed by atoms with van der Waals surface area (Å²) in [6.45, 7) is 2.61. The number of carbonyl (C=O) groups excluding carboxylic acids is 1. The molecule has 2 aromatic carbocycles. The van der Waals surface area contributed by atoms with Crippen LogP contribution in [-0.2, 0) is 0 Å². The van der Waals surface area contributed by atoms with Gasteiger partial charge < -0.3 is 5.32 Å². The minimum absolute atomic E-state index is 0.134. The molecule has 1 aromatic heterocycles. The average molecular weight is 519 g/mol. The zero-order valence-electron chi connectivity index (χ0n) is 18.3. The molecule has 176 valence electrons. The van der Waals surface area contributed by atoms with Gasteiger partial charge in [0.05, 0.1) is 0 Å². The van der Waals surface area contributed by atoms with E-state index in [1.807, 2.05) is 24.3 Å². The predicted octanol–water partition coefficient (Wildman–Crippen LogP) is 7.33. The van der Waals surface area contributed by atoms with Gasteiger partial charge in [-0.3, -0.25) is 9.69 Å². The number of nitrogens with one attached hydrogen (secondary N) is 1. The number of aromatic nitrogens is 1. The summed E-state index contributed by atoms with van der Waals surface area (Å²) in [6, 6.07) is 15.1. The van der Waals surface area contributed by atoms with E-state index >= 15 is 0 Å². The Hall–Kier alpha value is -2.44. The van der Waals surface area contributed by atoms with Gasteiger partial charge in [-0.15, -0.1) is 0 Å². The van der Waals surface area contributed by atoms with E-state index in [1.54, 1.807) is 6.07 Å². The summed E-state index contributed by atoms with van der Waals surface area (Å²) < 4.78 is 14.1. The maximum absolute atomic E-state index is 14.1. The Morgan fingerprint density at radius 1 is 1.03 bits per heavy atom. The van der Waals surface area contributed by atoms with Gasteiger partial charge in [-0.2, -0.15) is 0 Å². The smallest absolute Gasteiger partial charge is 0.255 e. The lowest BCUT2D eigenvalue weighted by atomic mass is 9.88. The van der Waals surface area contributed by atoms with Gasteiger partial charge >= 0.3 is 0 Å². The van der Waals surface area contributed by atoms with Crippen molar-refractivity contribution in [3.05, 3.63) is 98.5 Å². The predicted molar refractivity (Wildman–Crippen MR) is 138 cm³/mol. The Morgan fingerprint density at radius 3 is 2.38 bits per heavy atom. The van der Waals surface area contributed by atoms with Crippen LogP contribution >= 0.6 is 34.8 Å². The van der Waals surface area contributed by atoms with Gasteiger partial charge in [0.1, 0.15) is 16.1 Å². The summed E-state index contributed by atoms with van der Waals surface area (Å²) >= 11 is 17.8. The summed E-state index contributed by atoms with van der Waals surface area (Å²) in [5, 5.41) is 3.88. The van der Waals surface area contributed by atoms with Crippen molar-refractivity contribution < 1.29 is 9.18 Å². The summed E-state index contributed by atoms with van der Waals surface area (Å²) in [4.78, 5) is 19.0. The number of pyridine rings is 1. The second kappa shape index (κ2) is 11.3. The highest BCUT2D eigenvalue weighted by Gasteiger charge is 2.23. The fourth-order valence-electron chi connectivity index (χ4n) is 4.11. The first-order valence-electron chi connectivity index (χ1n) is 11.0. The minimum Gasteiger partial charge on any atom is -0.322 e. The van der Waals surface area contributed by atoms with Crippen molar-refractivity contribution in [1.82, 2.24) is 9.88 Å². The number of benzene rings is 2. The fourth-order valence-corrected chi connectivity index (χ4v) is 4.70. The normalized spacial score (nSPS) is 15.1. The maximum atomic E-state index is 14.1. The van der Waals surface area contributed by atoms with E-state index < -0.39 is 0 Å². The van der Waals surface area contributed by atoms with Crippen LogP contribution in [0.15, 0.2) is 60.7 Å². The Bertz CT molecular complexity index is 1170. The summed E-state index contributed by atoms with van der Waals surface area (Å²) in [6.07, 6.45) is 5.96. The van der Waals surface area contributed by atoms with E-state index in [-0.39, 0.29) is 27.9 Å². The van der Waals surface area contributed by atoms with Gasteiger partial charge in [0.2, 0.25) is 0 Å². The van der Waals surface area contributed by atoms with Crippen molar-refractivity contribution in [1.29, 1.82) is 0 Å². The molecule has 1 amide bonds. The van der Waals surface area contributed by atoms with Crippen LogP contribution in [0.25, 0.3) is 6.08 Å². The molecule has 0 bridgehead atoms. The second-order valence-electron chi connectivity index (χ2n) is 8.22. The lowest BCUT2D eigenvalue weighted by Crippen LogP contribution is -2.33. The van der Waals surface area contributed by atoms with Gasteiger partial charge in [0, 0.05) is 22.8 Å². The number of likely N-dealkylation sites (tertiary alicyclic amines) is 1. The number of carbonyl (C=O) groups is 1. The van der Waals surface area contributed by atoms with E-state index in [1.165, 1.54) is 24.3 Å². The molecule has 3 aromatic rings. The van der Waals surface area contributed by atoms with E-state index in [0.717, 1.165) is 48.6 Å². The van der Waals surface area contributed by atoms with Gasteiger partial charge in [-0.1, -0.05) is 59.1 Å². The molecule has 0 aliphatic carbocycles. The van der Waals surface area contributed by atoms with Crippen LogP contribution in [0.4, 0.5) is 10.1 Å². The SMILES string of the molecule is O=C(Nc1ccc(F)cc1C1CCN(C/C=C/c2ccc(Cl)cc2)CC1)c1cc(Cl)nc(Cl)c1. The Balaban J connectivity index is 1.39. The van der Waals surface area contributed by atoms with E-state index in [2.05, 4.69) is 27.4 Å². The molecule has 0 spiro atoms. The Labute approximate surface area is 213 Å². The zero-order chi connectivity index (χ0) is 24.1. The van der Waals surface area contributed by atoms with Crippen LogP contribution in [0, 0.1) is 5.82 Å². The number of piperidine rings is 1. The van der Waals surface area contributed by atoms with Crippen LogP contribution in [0.3, 0.4) is 0 Å². The third-order valence-electron chi connectivity index (χ3n) is 5.86. The van der Waals surface area contributed by atoms with Crippen molar-refractivity contribution >= 4 is 52.5 Å². The van der Waals surface area contributed by atoms with E-state index in [0.29, 0.717) is 11.3 Å². The first-order valence-corrected chi connectivity index (χ1v) is 12.1. The monoisotopic (exact) mass is 517 g/mol. The fraction of sp³-hybridized carbons (Fsp3) is 0.231. The molecule has 0 saturated carbocycles. The average Bonchev–Trinajstić information content (AvgIpc) is 2.81. The quantitative estimate of drug-likeness (QED) is 0.348. The van der Waals surface area contributed by atoms with Gasteiger partial charge in [0.25, 0.3) is 5.91 Å². The third kappa shape index (κ3) is 6.57. The third-order valence-corrected chi connectivity index (χ3v) is 6.50. The van der Waals surface area contributed by atoms with Crippen LogP contribution in [-0.4, -0.2) is 35.4 Å². The first kappa shape index (κ1) is 24.7. The molecule has 8 heteroatoms. The van der Waals surface area contributed by atoms with E-state index in [4.69, 9.17) is 34.8 Å². The highest BCUT2D eigenvalue weighted by atomic mass is 35.5. The topological polar surface area (TPSA) is 45.2 Å². The molecule has 0 radical (unpaired) electrons. The molecular formula is C26H23Cl3FN3O. The number of halogens is 4. The molecule has 1 N–H and O–H groups in total. The standard InChI is InChI=1S/C26H23Cl3FN3O/c27-20-5-3-17(4-6-20)2-1-11-33-12-9-18(10-13-33)22-16-21(30)7-8-23(22)31-26(34)19-14-24(28)32-25(29)15-19/h1-8,14-16,18H,9-13H2,(H,31,34)/b2-1+. The number of hydrogen-bond acceptors (Lipinski definition) is 3. The highest BCUT2D eigenvalue weighted by Crippen LogP contribution is 2.34. The minimum atomic E-state index is -0.371. The first-order chi connectivity index (χ1) is 16.4. The summed E-state index contributed by atoms with van der Waals surface area (Å²) in [5.74, 6) is -0.549. The van der Waals surface area contributed by atoms with Gasteiger partial charge in [-0.25, -0.2) is 9.37 Å². The van der Waals surface area contributed by atoms with Crippen LogP contribution in [0.2, 0.25) is 15.3 Å². The lowest BCUT2D eigenvalue weighted by Gasteiger charge is -2.32. The number of amides is 1. The largest absolute Gasteiger partial charge is 0.322 e. The molecule has 34 heavy (non-hydrogen) atoms. The zero-order valence-corrected chi connectivity index (χ0v) is 20.5.